The number of nitrogens with zero attached hydrogens (tertiary/aromatic N) is 6. The first kappa shape index (κ1) is 20.6. The molecule has 6 rings (SSSR count). The summed E-state index contributed by atoms with van der Waals surface area (Å²) in [4.78, 5) is 17.4. The van der Waals surface area contributed by atoms with Crippen molar-refractivity contribution in [1.82, 2.24) is 24.7 Å². The topological polar surface area (TPSA) is 85.1 Å². The second-order valence-electron chi connectivity index (χ2n) is 9.05. The first-order valence-electron chi connectivity index (χ1n) is 11.8. The van der Waals surface area contributed by atoms with Crippen molar-refractivity contribution in [3.63, 3.8) is 0 Å². The smallest absolute Gasteiger partial charge is 0.225 e. The molecule has 0 aliphatic carbocycles. The second-order valence-corrected chi connectivity index (χ2v) is 9.05. The number of hydrogen-bond donors (Lipinski definition) is 0. The molecule has 0 atom stereocenters. The Balaban J connectivity index is 1.11. The summed E-state index contributed by atoms with van der Waals surface area (Å²) < 4.78 is 13.4. The summed E-state index contributed by atoms with van der Waals surface area (Å²) in [5.41, 5.74) is 1.71. The molecular formula is C24H28N6O3. The van der Waals surface area contributed by atoms with Gasteiger partial charge in [0.1, 0.15) is 5.82 Å². The van der Waals surface area contributed by atoms with Crippen LogP contribution in [-0.2, 0) is 14.3 Å². The molecule has 1 amide bonds. The van der Waals surface area contributed by atoms with Crippen molar-refractivity contribution in [3.05, 3.63) is 42.5 Å². The number of likely N-dealkylation sites (tertiary alicyclic amines) is 1. The monoisotopic (exact) mass is 448 g/mol. The minimum atomic E-state index is -0.439. The van der Waals surface area contributed by atoms with Crippen molar-refractivity contribution in [3.8, 4) is 11.4 Å². The molecule has 0 unspecified atom stereocenters. The number of anilines is 1. The predicted molar refractivity (Wildman–Crippen MR) is 122 cm³/mol. The molecule has 3 aromatic rings. The maximum atomic E-state index is 13.1. The van der Waals surface area contributed by atoms with Gasteiger partial charge < -0.3 is 19.3 Å². The maximum absolute atomic E-state index is 13.1. The number of fused-ring (bicyclic) bond motifs is 1. The van der Waals surface area contributed by atoms with Gasteiger partial charge >= 0.3 is 0 Å². The normalized spacial score (nSPS) is 21.2. The number of rotatable bonds is 3. The lowest BCUT2D eigenvalue weighted by atomic mass is 9.93. The van der Waals surface area contributed by atoms with E-state index in [-0.39, 0.29) is 11.8 Å². The van der Waals surface area contributed by atoms with Crippen LogP contribution in [0.5, 0.6) is 0 Å². The molecule has 0 saturated carbocycles. The highest BCUT2D eigenvalue weighted by molar-refractivity contribution is 5.79. The highest BCUT2D eigenvalue weighted by atomic mass is 16.7. The third kappa shape index (κ3) is 3.85. The fraction of sp³-hybridized carbons (Fsp3) is 0.500. The molecular weight excluding hydrogens is 420 g/mol. The SMILES string of the molecule is O=C(C1CCN(c2ccc3nnc(-c4ccccc4)n3n2)CC1)N1CCC2(CC1)OCCO2. The lowest BCUT2D eigenvalue weighted by Gasteiger charge is -2.40. The van der Waals surface area contributed by atoms with E-state index in [1.54, 1.807) is 4.52 Å². The molecule has 3 aliphatic heterocycles. The van der Waals surface area contributed by atoms with Gasteiger partial charge in [0.2, 0.25) is 5.91 Å². The van der Waals surface area contributed by atoms with Gasteiger partial charge in [0, 0.05) is 50.5 Å². The number of amides is 1. The highest BCUT2D eigenvalue weighted by Gasteiger charge is 2.42. The minimum absolute atomic E-state index is 0.0687. The van der Waals surface area contributed by atoms with Crippen LogP contribution in [0.15, 0.2) is 42.5 Å². The zero-order chi connectivity index (χ0) is 22.3. The van der Waals surface area contributed by atoms with Crippen LogP contribution in [0.25, 0.3) is 17.0 Å². The van der Waals surface area contributed by atoms with Gasteiger partial charge in [-0.3, -0.25) is 4.79 Å². The predicted octanol–water partition coefficient (Wildman–Crippen LogP) is 2.37. The molecule has 9 nitrogen and oxygen atoms in total. The standard InChI is InChI=1S/C24H28N6O3/c31-23(29-14-10-24(11-15-29)32-16-17-33-24)19-8-12-28(13-9-19)21-7-6-20-25-26-22(30(20)27-21)18-4-2-1-3-5-18/h1-7,19H,8-17H2. The van der Waals surface area contributed by atoms with E-state index in [2.05, 4.69) is 15.1 Å². The van der Waals surface area contributed by atoms with Crippen LogP contribution in [0.2, 0.25) is 0 Å². The van der Waals surface area contributed by atoms with E-state index in [4.69, 9.17) is 14.6 Å². The van der Waals surface area contributed by atoms with E-state index in [0.717, 1.165) is 61.6 Å². The summed E-state index contributed by atoms with van der Waals surface area (Å²) >= 11 is 0. The van der Waals surface area contributed by atoms with Gasteiger partial charge in [-0.1, -0.05) is 30.3 Å². The average molecular weight is 449 g/mol. The number of carbonyl (C=O) groups is 1. The quantitative estimate of drug-likeness (QED) is 0.608. The van der Waals surface area contributed by atoms with Crippen molar-refractivity contribution in [1.29, 1.82) is 0 Å². The maximum Gasteiger partial charge on any atom is 0.225 e. The molecule has 33 heavy (non-hydrogen) atoms. The second kappa shape index (κ2) is 8.39. The van der Waals surface area contributed by atoms with Gasteiger partial charge in [0.25, 0.3) is 0 Å². The minimum Gasteiger partial charge on any atom is -0.355 e. The van der Waals surface area contributed by atoms with Gasteiger partial charge in [-0.05, 0) is 25.0 Å². The molecule has 2 aromatic heterocycles. The van der Waals surface area contributed by atoms with Crippen molar-refractivity contribution < 1.29 is 14.3 Å². The number of aromatic nitrogens is 4. The number of hydrogen-bond acceptors (Lipinski definition) is 7. The Morgan fingerprint density at radius 1 is 0.909 bits per heavy atom. The van der Waals surface area contributed by atoms with Gasteiger partial charge in [0.15, 0.2) is 17.3 Å². The summed E-state index contributed by atoms with van der Waals surface area (Å²) in [7, 11) is 0. The van der Waals surface area contributed by atoms with E-state index in [1.807, 2.05) is 47.4 Å². The number of ether oxygens (including phenoxy) is 2. The average Bonchev–Trinajstić information content (AvgIpc) is 3.51. The van der Waals surface area contributed by atoms with Crippen LogP contribution in [-0.4, -0.2) is 75.8 Å². The molecule has 3 saturated heterocycles. The van der Waals surface area contributed by atoms with E-state index in [1.165, 1.54) is 0 Å². The van der Waals surface area contributed by atoms with E-state index >= 15 is 0 Å². The Kier molecular flexibility index (Phi) is 5.22. The number of piperidine rings is 2. The summed E-state index contributed by atoms with van der Waals surface area (Å²) in [6, 6.07) is 13.9. The zero-order valence-corrected chi connectivity index (χ0v) is 18.6. The van der Waals surface area contributed by atoms with Gasteiger partial charge in [0.05, 0.1) is 13.2 Å². The van der Waals surface area contributed by atoms with Crippen molar-refractivity contribution >= 4 is 17.4 Å². The third-order valence-electron chi connectivity index (χ3n) is 7.10. The van der Waals surface area contributed by atoms with Crippen LogP contribution >= 0.6 is 0 Å². The van der Waals surface area contributed by atoms with Gasteiger partial charge in [-0.25, -0.2) is 0 Å². The highest BCUT2D eigenvalue weighted by Crippen LogP contribution is 2.33. The number of benzene rings is 1. The zero-order valence-electron chi connectivity index (χ0n) is 18.6. The van der Waals surface area contributed by atoms with E-state index in [9.17, 15) is 4.79 Å². The molecule has 0 radical (unpaired) electrons. The molecule has 1 spiro atoms. The molecule has 3 aliphatic rings. The first-order valence-corrected chi connectivity index (χ1v) is 11.8. The van der Waals surface area contributed by atoms with Crippen LogP contribution < -0.4 is 4.90 Å². The fourth-order valence-electron chi connectivity index (χ4n) is 5.18. The van der Waals surface area contributed by atoms with Crippen molar-refractivity contribution in [2.45, 2.75) is 31.5 Å². The lowest BCUT2D eigenvalue weighted by Crippen LogP contribution is -2.50. The Morgan fingerprint density at radius 2 is 1.64 bits per heavy atom. The van der Waals surface area contributed by atoms with Crippen molar-refractivity contribution in [2.24, 2.45) is 5.92 Å². The van der Waals surface area contributed by atoms with Gasteiger partial charge in [-0.2, -0.15) is 4.52 Å². The third-order valence-corrected chi connectivity index (χ3v) is 7.10. The van der Waals surface area contributed by atoms with Crippen LogP contribution in [0.1, 0.15) is 25.7 Å². The summed E-state index contributed by atoms with van der Waals surface area (Å²) in [5, 5.41) is 13.4. The Bertz CT molecular complexity index is 1130. The molecule has 0 bridgehead atoms. The van der Waals surface area contributed by atoms with Crippen LogP contribution in [0.3, 0.4) is 0 Å². The fourth-order valence-corrected chi connectivity index (χ4v) is 5.18. The van der Waals surface area contributed by atoms with Crippen LogP contribution in [0.4, 0.5) is 5.82 Å². The Morgan fingerprint density at radius 3 is 2.36 bits per heavy atom. The summed E-state index contributed by atoms with van der Waals surface area (Å²) in [6.45, 7) is 4.37. The molecule has 0 N–H and O–H groups in total. The lowest BCUT2D eigenvalue weighted by molar-refractivity contribution is -0.188. The molecule has 9 heteroatoms. The molecule has 172 valence electrons. The van der Waals surface area contributed by atoms with Crippen LogP contribution in [0, 0.1) is 5.92 Å². The Labute approximate surface area is 192 Å². The summed E-state index contributed by atoms with van der Waals surface area (Å²) in [6.07, 6.45) is 3.20. The molecule has 5 heterocycles. The Hall–Kier alpha value is -3.04. The van der Waals surface area contributed by atoms with Gasteiger partial charge in [-0.15, -0.1) is 15.3 Å². The molecule has 3 fully saturated rings. The molecule has 1 aromatic carbocycles. The summed E-state index contributed by atoms with van der Waals surface area (Å²) in [5.74, 6) is 1.53. The van der Waals surface area contributed by atoms with Crippen molar-refractivity contribution in [2.75, 3.05) is 44.3 Å². The van der Waals surface area contributed by atoms with E-state index < -0.39 is 5.79 Å². The first-order chi connectivity index (χ1) is 16.2. The van der Waals surface area contributed by atoms with E-state index in [0.29, 0.717) is 26.3 Å². The number of carbonyl (C=O) groups excluding carboxylic acids is 1. The largest absolute Gasteiger partial charge is 0.355 e.